The average Bonchev–Trinajstić information content (AvgIpc) is 2.58. The highest BCUT2D eigenvalue weighted by molar-refractivity contribution is 7.88. The van der Waals surface area contributed by atoms with Gasteiger partial charge in [0.2, 0.25) is 15.9 Å². The Morgan fingerprint density at radius 3 is 2.38 bits per heavy atom. The number of piperidine rings is 1. The van der Waals surface area contributed by atoms with Crippen LogP contribution in [0.1, 0.15) is 24.0 Å². The van der Waals surface area contributed by atoms with E-state index in [1.54, 1.807) is 0 Å². The zero-order valence-corrected chi connectivity index (χ0v) is 16.1. The normalized spacial score (nSPS) is 16.1. The molecule has 1 aromatic rings. The third kappa shape index (κ3) is 5.70. The number of anilines is 1. The SMILES string of the molecule is Cc1ccc(NCC(=O)NNC(=O)C2CCN(S(C)(=O)=O)CC2)c(C)c1. The number of hydrazine groups is 1. The summed E-state index contributed by atoms with van der Waals surface area (Å²) in [7, 11) is -3.22. The number of nitrogens with zero attached hydrogens (tertiary/aromatic N) is 1. The Balaban J connectivity index is 1.73. The molecule has 1 aliphatic heterocycles. The summed E-state index contributed by atoms with van der Waals surface area (Å²) in [5.41, 5.74) is 7.86. The molecule has 0 spiro atoms. The monoisotopic (exact) mass is 382 g/mol. The molecule has 2 amide bonds. The summed E-state index contributed by atoms with van der Waals surface area (Å²) in [6.07, 6.45) is 2.04. The van der Waals surface area contributed by atoms with Crippen LogP contribution in [-0.4, -0.2) is 50.4 Å². The summed E-state index contributed by atoms with van der Waals surface area (Å²) >= 11 is 0. The Morgan fingerprint density at radius 1 is 1.15 bits per heavy atom. The molecular formula is C17H26N4O4S. The molecule has 0 aliphatic carbocycles. The van der Waals surface area contributed by atoms with E-state index in [1.165, 1.54) is 4.31 Å². The molecule has 8 nitrogen and oxygen atoms in total. The lowest BCUT2D eigenvalue weighted by Crippen LogP contribution is -2.49. The van der Waals surface area contributed by atoms with Gasteiger partial charge in [-0.2, -0.15) is 0 Å². The molecule has 0 unspecified atom stereocenters. The number of carbonyl (C=O) groups is 2. The summed E-state index contributed by atoms with van der Waals surface area (Å²) in [4.78, 5) is 24.0. The van der Waals surface area contributed by atoms with Crippen molar-refractivity contribution < 1.29 is 18.0 Å². The van der Waals surface area contributed by atoms with Crippen LogP contribution >= 0.6 is 0 Å². The molecule has 0 aromatic heterocycles. The smallest absolute Gasteiger partial charge is 0.257 e. The summed E-state index contributed by atoms with van der Waals surface area (Å²) in [6.45, 7) is 4.63. The van der Waals surface area contributed by atoms with Crippen LogP contribution in [-0.2, 0) is 19.6 Å². The second-order valence-electron chi connectivity index (χ2n) is 6.65. The van der Waals surface area contributed by atoms with E-state index in [0.29, 0.717) is 25.9 Å². The number of sulfonamides is 1. The molecule has 0 radical (unpaired) electrons. The summed E-state index contributed by atoms with van der Waals surface area (Å²) in [5, 5.41) is 3.03. The van der Waals surface area contributed by atoms with Gasteiger partial charge < -0.3 is 5.32 Å². The molecule has 1 aliphatic rings. The van der Waals surface area contributed by atoms with Crippen molar-refractivity contribution in [3.63, 3.8) is 0 Å². The zero-order valence-electron chi connectivity index (χ0n) is 15.3. The van der Waals surface area contributed by atoms with Crippen LogP contribution in [0.4, 0.5) is 5.69 Å². The Labute approximate surface area is 154 Å². The van der Waals surface area contributed by atoms with E-state index < -0.39 is 10.0 Å². The quantitative estimate of drug-likeness (QED) is 0.644. The predicted octanol–water partition coefficient (Wildman–Crippen LogP) is 0.534. The van der Waals surface area contributed by atoms with E-state index in [2.05, 4.69) is 16.2 Å². The van der Waals surface area contributed by atoms with Crippen molar-refractivity contribution in [3.8, 4) is 0 Å². The largest absolute Gasteiger partial charge is 0.376 e. The lowest BCUT2D eigenvalue weighted by atomic mass is 9.98. The van der Waals surface area contributed by atoms with Gasteiger partial charge in [0.25, 0.3) is 5.91 Å². The Bertz CT molecular complexity index is 771. The fourth-order valence-electron chi connectivity index (χ4n) is 2.91. The summed E-state index contributed by atoms with van der Waals surface area (Å²) in [5.74, 6) is -0.953. The van der Waals surface area contributed by atoms with Crippen molar-refractivity contribution in [1.29, 1.82) is 0 Å². The van der Waals surface area contributed by atoms with E-state index in [4.69, 9.17) is 0 Å². The molecule has 1 aromatic carbocycles. The second-order valence-corrected chi connectivity index (χ2v) is 8.63. The van der Waals surface area contributed by atoms with Gasteiger partial charge >= 0.3 is 0 Å². The van der Waals surface area contributed by atoms with Gasteiger partial charge in [-0.05, 0) is 38.3 Å². The number of hydrogen-bond donors (Lipinski definition) is 3. The lowest BCUT2D eigenvalue weighted by Gasteiger charge is -2.29. The van der Waals surface area contributed by atoms with E-state index >= 15 is 0 Å². The van der Waals surface area contributed by atoms with Gasteiger partial charge in [-0.3, -0.25) is 20.4 Å². The molecule has 2 rings (SSSR count). The minimum Gasteiger partial charge on any atom is -0.376 e. The fraction of sp³-hybridized carbons (Fsp3) is 0.529. The van der Waals surface area contributed by atoms with Crippen molar-refractivity contribution >= 4 is 27.5 Å². The minimum atomic E-state index is -3.22. The van der Waals surface area contributed by atoms with Gasteiger partial charge in [0.15, 0.2) is 0 Å². The van der Waals surface area contributed by atoms with Crippen LogP contribution in [0.5, 0.6) is 0 Å². The van der Waals surface area contributed by atoms with Crippen LogP contribution in [0.3, 0.4) is 0 Å². The number of aryl methyl sites for hydroxylation is 2. The van der Waals surface area contributed by atoms with Crippen LogP contribution in [0, 0.1) is 19.8 Å². The Kier molecular flexibility index (Phi) is 6.60. The molecular weight excluding hydrogens is 356 g/mol. The molecule has 26 heavy (non-hydrogen) atoms. The lowest BCUT2D eigenvalue weighted by molar-refractivity contribution is -0.131. The highest BCUT2D eigenvalue weighted by Gasteiger charge is 2.29. The first-order valence-corrected chi connectivity index (χ1v) is 10.4. The maximum absolute atomic E-state index is 12.1. The van der Waals surface area contributed by atoms with Crippen molar-refractivity contribution in [2.75, 3.05) is 31.2 Å². The van der Waals surface area contributed by atoms with Gasteiger partial charge in [-0.15, -0.1) is 0 Å². The predicted molar refractivity (Wildman–Crippen MR) is 99.8 cm³/mol. The first-order chi connectivity index (χ1) is 12.2. The van der Waals surface area contributed by atoms with Crippen molar-refractivity contribution in [2.24, 2.45) is 5.92 Å². The topological polar surface area (TPSA) is 108 Å². The molecule has 1 heterocycles. The maximum atomic E-state index is 12.1. The number of amides is 2. The first-order valence-electron chi connectivity index (χ1n) is 8.52. The van der Waals surface area contributed by atoms with Gasteiger partial charge in [0.05, 0.1) is 12.8 Å². The first kappa shape index (κ1) is 20.2. The molecule has 0 atom stereocenters. The van der Waals surface area contributed by atoms with Crippen LogP contribution in [0.15, 0.2) is 18.2 Å². The number of carbonyl (C=O) groups excluding carboxylic acids is 2. The van der Waals surface area contributed by atoms with Crippen LogP contribution in [0.2, 0.25) is 0 Å². The maximum Gasteiger partial charge on any atom is 0.257 e. The molecule has 144 valence electrons. The second kappa shape index (κ2) is 8.50. The fourth-order valence-corrected chi connectivity index (χ4v) is 3.79. The summed E-state index contributed by atoms with van der Waals surface area (Å²) < 4.78 is 24.3. The summed E-state index contributed by atoms with van der Waals surface area (Å²) in [6, 6.07) is 5.88. The highest BCUT2D eigenvalue weighted by Crippen LogP contribution is 2.19. The van der Waals surface area contributed by atoms with E-state index in [-0.39, 0.29) is 24.3 Å². The molecule has 1 saturated heterocycles. The number of nitrogens with one attached hydrogen (secondary N) is 3. The number of benzene rings is 1. The highest BCUT2D eigenvalue weighted by atomic mass is 32.2. The van der Waals surface area contributed by atoms with E-state index in [0.717, 1.165) is 23.1 Å². The Morgan fingerprint density at radius 2 is 1.81 bits per heavy atom. The molecule has 0 saturated carbocycles. The standard InChI is InChI=1S/C17H26N4O4S/c1-12-4-5-15(13(2)10-12)18-11-16(22)19-20-17(23)14-6-8-21(9-7-14)26(3,24)25/h4-5,10,14,18H,6-9,11H2,1-3H3,(H,19,22)(H,20,23). The minimum absolute atomic E-state index is 0.0384. The molecule has 1 fully saturated rings. The molecule has 0 bridgehead atoms. The van der Waals surface area contributed by atoms with Gasteiger partial charge in [-0.25, -0.2) is 12.7 Å². The van der Waals surface area contributed by atoms with Crippen molar-refractivity contribution in [2.45, 2.75) is 26.7 Å². The average molecular weight is 382 g/mol. The van der Waals surface area contributed by atoms with Crippen LogP contribution < -0.4 is 16.2 Å². The van der Waals surface area contributed by atoms with Crippen LogP contribution in [0.25, 0.3) is 0 Å². The van der Waals surface area contributed by atoms with E-state index in [9.17, 15) is 18.0 Å². The number of hydrogen-bond acceptors (Lipinski definition) is 5. The van der Waals surface area contributed by atoms with Gasteiger partial charge in [0, 0.05) is 24.7 Å². The third-order valence-electron chi connectivity index (χ3n) is 4.44. The molecule has 9 heteroatoms. The molecule has 3 N–H and O–H groups in total. The van der Waals surface area contributed by atoms with Crippen molar-refractivity contribution in [1.82, 2.24) is 15.2 Å². The van der Waals surface area contributed by atoms with Gasteiger partial charge in [-0.1, -0.05) is 17.7 Å². The number of rotatable bonds is 5. The van der Waals surface area contributed by atoms with Crippen molar-refractivity contribution in [3.05, 3.63) is 29.3 Å². The van der Waals surface area contributed by atoms with Gasteiger partial charge in [0.1, 0.15) is 0 Å². The zero-order chi connectivity index (χ0) is 19.3. The van der Waals surface area contributed by atoms with E-state index in [1.807, 2.05) is 32.0 Å². The Hall–Kier alpha value is -2.13. The third-order valence-corrected chi connectivity index (χ3v) is 5.74.